The molecule has 1 aliphatic rings. The van der Waals surface area contributed by atoms with E-state index in [1.165, 1.54) is 6.20 Å². The Morgan fingerprint density at radius 2 is 1.50 bits per heavy atom. The maximum Gasteiger partial charge on any atom is 0.334 e. The number of thioether (sulfide) groups is 1. The van der Waals surface area contributed by atoms with Crippen molar-refractivity contribution < 1.29 is 9.59 Å². The zero-order chi connectivity index (χ0) is 22.0. The topological polar surface area (TPSA) is 205 Å². The number of allylic oxidation sites excluding steroid dienone is 2. The Hall–Kier alpha value is -4.10. The molecule has 4 amide bonds. The van der Waals surface area contributed by atoms with Gasteiger partial charge < -0.3 is 11.5 Å². The number of carbonyl (C=O) groups is 2. The van der Waals surface area contributed by atoms with E-state index >= 15 is 0 Å². The van der Waals surface area contributed by atoms with Crippen molar-refractivity contribution in [1.82, 2.24) is 15.0 Å². The Bertz CT molecular complexity index is 1150. The lowest BCUT2D eigenvalue weighted by atomic mass is 9.84. The van der Waals surface area contributed by atoms with Crippen LogP contribution in [0.1, 0.15) is 11.5 Å². The van der Waals surface area contributed by atoms with Gasteiger partial charge in [0.05, 0.1) is 34.7 Å². The minimum absolute atomic E-state index is 0.0178. The zero-order valence-corrected chi connectivity index (χ0v) is 16.1. The van der Waals surface area contributed by atoms with E-state index < -0.39 is 18.0 Å². The number of hydrogen-bond donors (Lipinski definition) is 4. The third kappa shape index (κ3) is 3.38. The van der Waals surface area contributed by atoms with Gasteiger partial charge in [0.15, 0.2) is 0 Å². The quantitative estimate of drug-likeness (QED) is 0.319. The molecule has 0 saturated heterocycles. The fourth-order valence-electron chi connectivity index (χ4n) is 3.06. The highest BCUT2D eigenvalue weighted by Gasteiger charge is 2.38. The van der Waals surface area contributed by atoms with Gasteiger partial charge in [-0.3, -0.25) is 4.98 Å². The third-order valence-electron chi connectivity index (χ3n) is 4.38. The number of rotatable bonds is 3. The molecular weight excluding hydrogens is 406 g/mol. The van der Waals surface area contributed by atoms with Crippen molar-refractivity contribution in [1.29, 1.82) is 10.5 Å². The predicted molar refractivity (Wildman–Crippen MR) is 109 cm³/mol. The number of para-hydroxylation sites is 1. The first-order valence-electron chi connectivity index (χ1n) is 8.30. The standard InChI is InChI=1S/C18H15N9O2S/c19-7-11-14(10-5-6-25-13-4-2-1-3-9(10)13)12(8-20)16(27(24)18(22)29)30-15(11)26(23)17(21)28/h1-6,14H,23-24H2,(H2,21,28)(H2,22,29). The summed E-state index contributed by atoms with van der Waals surface area (Å²) < 4.78 is 0. The Morgan fingerprint density at radius 3 is 2.00 bits per heavy atom. The summed E-state index contributed by atoms with van der Waals surface area (Å²) >= 11 is 0.672. The molecule has 2 heterocycles. The molecule has 30 heavy (non-hydrogen) atoms. The number of nitrogens with zero attached hydrogens (tertiary/aromatic N) is 5. The Morgan fingerprint density at radius 1 is 0.967 bits per heavy atom. The average Bonchev–Trinajstić information content (AvgIpc) is 2.75. The monoisotopic (exact) mass is 421 g/mol. The van der Waals surface area contributed by atoms with Crippen LogP contribution >= 0.6 is 11.8 Å². The summed E-state index contributed by atoms with van der Waals surface area (Å²) in [7, 11) is 0. The number of nitriles is 2. The molecule has 0 fully saturated rings. The summed E-state index contributed by atoms with van der Waals surface area (Å²) in [6.45, 7) is 0. The molecule has 0 atom stereocenters. The lowest BCUT2D eigenvalue weighted by molar-refractivity contribution is 0.223. The van der Waals surface area contributed by atoms with Crippen LogP contribution in [0, 0.1) is 22.7 Å². The van der Waals surface area contributed by atoms with Crippen molar-refractivity contribution >= 4 is 34.7 Å². The molecule has 0 bridgehead atoms. The number of pyridine rings is 1. The highest BCUT2D eigenvalue weighted by molar-refractivity contribution is 8.06. The molecule has 0 aliphatic carbocycles. The van der Waals surface area contributed by atoms with Crippen molar-refractivity contribution in [2.24, 2.45) is 23.2 Å². The predicted octanol–water partition coefficient (Wildman–Crippen LogP) is 1.04. The summed E-state index contributed by atoms with van der Waals surface area (Å²) in [5.74, 6) is 10.5. The molecule has 0 saturated carbocycles. The molecule has 0 unspecified atom stereocenters. The van der Waals surface area contributed by atoms with Crippen molar-refractivity contribution in [3.05, 3.63) is 63.3 Å². The van der Waals surface area contributed by atoms with E-state index in [2.05, 4.69) is 4.98 Å². The van der Waals surface area contributed by atoms with E-state index in [1.807, 2.05) is 12.1 Å². The van der Waals surface area contributed by atoms with Gasteiger partial charge in [-0.25, -0.2) is 31.3 Å². The van der Waals surface area contributed by atoms with Crippen LogP contribution in [0.25, 0.3) is 10.9 Å². The second kappa shape index (κ2) is 8.10. The summed E-state index contributed by atoms with van der Waals surface area (Å²) in [5.41, 5.74) is 11.7. The summed E-state index contributed by atoms with van der Waals surface area (Å²) in [5, 5.41) is 21.4. The van der Waals surface area contributed by atoms with Crippen molar-refractivity contribution in [3.8, 4) is 12.1 Å². The molecule has 11 nitrogen and oxygen atoms in total. The minimum Gasteiger partial charge on any atom is -0.350 e. The van der Waals surface area contributed by atoms with Gasteiger partial charge in [-0.15, -0.1) is 0 Å². The summed E-state index contributed by atoms with van der Waals surface area (Å²) in [6, 6.07) is 10.6. The van der Waals surface area contributed by atoms with E-state index in [0.717, 1.165) is 0 Å². The van der Waals surface area contributed by atoms with Gasteiger partial charge in [0.1, 0.15) is 10.1 Å². The van der Waals surface area contributed by atoms with Crippen LogP contribution in [0.15, 0.2) is 57.7 Å². The van der Waals surface area contributed by atoms with Gasteiger partial charge in [-0.2, -0.15) is 10.5 Å². The highest BCUT2D eigenvalue weighted by Crippen LogP contribution is 2.48. The molecule has 150 valence electrons. The molecule has 0 radical (unpaired) electrons. The Balaban J connectivity index is 2.39. The first kappa shape index (κ1) is 20.6. The van der Waals surface area contributed by atoms with Gasteiger partial charge in [-0.05, 0) is 29.5 Å². The van der Waals surface area contributed by atoms with Gasteiger partial charge in [0, 0.05) is 11.6 Å². The Labute approximate surface area is 174 Å². The number of aromatic nitrogens is 1. The number of benzene rings is 1. The number of hydrazine groups is 2. The molecule has 8 N–H and O–H groups in total. The number of carbonyl (C=O) groups excluding carboxylic acids is 2. The molecule has 0 spiro atoms. The maximum absolute atomic E-state index is 11.7. The third-order valence-corrected chi connectivity index (χ3v) is 5.60. The van der Waals surface area contributed by atoms with Crippen LogP contribution in [-0.4, -0.2) is 27.1 Å². The number of nitrogens with two attached hydrogens (primary N) is 4. The van der Waals surface area contributed by atoms with Crippen LogP contribution < -0.4 is 23.2 Å². The smallest absolute Gasteiger partial charge is 0.334 e. The van der Waals surface area contributed by atoms with E-state index in [4.69, 9.17) is 23.2 Å². The molecule has 2 aromatic rings. The van der Waals surface area contributed by atoms with E-state index in [0.29, 0.717) is 38.2 Å². The molecule has 12 heteroatoms. The zero-order valence-electron chi connectivity index (χ0n) is 15.3. The second-order valence-corrected chi connectivity index (χ2v) is 7.01. The fourth-order valence-corrected chi connectivity index (χ4v) is 4.16. The fraction of sp³-hybridized carbons (Fsp3) is 0.0556. The van der Waals surface area contributed by atoms with Gasteiger partial charge in [0.2, 0.25) is 0 Å². The lowest BCUT2D eigenvalue weighted by Gasteiger charge is -2.32. The molecule has 1 aromatic heterocycles. The second-order valence-electron chi connectivity index (χ2n) is 6.03. The number of amides is 4. The van der Waals surface area contributed by atoms with E-state index in [-0.39, 0.29) is 21.2 Å². The van der Waals surface area contributed by atoms with Crippen LogP contribution in [-0.2, 0) is 0 Å². The first-order valence-corrected chi connectivity index (χ1v) is 9.12. The van der Waals surface area contributed by atoms with Gasteiger partial charge in [0.25, 0.3) is 0 Å². The molecule has 1 aliphatic heterocycles. The molecule has 1 aromatic carbocycles. The van der Waals surface area contributed by atoms with Crippen molar-refractivity contribution in [2.45, 2.75) is 5.92 Å². The minimum atomic E-state index is -1.05. The van der Waals surface area contributed by atoms with Crippen LogP contribution in [0.2, 0.25) is 0 Å². The lowest BCUT2D eigenvalue weighted by Crippen LogP contribution is -2.44. The number of fused-ring (bicyclic) bond motifs is 1. The largest absolute Gasteiger partial charge is 0.350 e. The van der Waals surface area contributed by atoms with Crippen LogP contribution in [0.3, 0.4) is 0 Å². The van der Waals surface area contributed by atoms with Gasteiger partial charge >= 0.3 is 12.1 Å². The first-order chi connectivity index (χ1) is 14.3. The number of urea groups is 2. The maximum atomic E-state index is 11.7. The van der Waals surface area contributed by atoms with E-state index in [9.17, 15) is 20.1 Å². The number of hydrogen-bond acceptors (Lipinski definition) is 8. The normalized spacial score (nSPS) is 14.3. The highest BCUT2D eigenvalue weighted by atomic mass is 32.2. The Kier molecular flexibility index (Phi) is 5.57. The van der Waals surface area contributed by atoms with Crippen molar-refractivity contribution in [3.63, 3.8) is 0 Å². The number of primary amides is 2. The average molecular weight is 421 g/mol. The van der Waals surface area contributed by atoms with Gasteiger partial charge in [-0.1, -0.05) is 18.2 Å². The summed E-state index contributed by atoms with van der Waals surface area (Å²) in [4.78, 5) is 27.7. The molecule has 3 rings (SSSR count). The van der Waals surface area contributed by atoms with Crippen molar-refractivity contribution in [2.75, 3.05) is 0 Å². The molecular formula is C18H15N9O2S. The SMILES string of the molecule is N#CC1=C(N(N)C(N)=O)SC(N(N)C(N)=O)=C(C#N)C1c1ccnc2ccccc12. The van der Waals surface area contributed by atoms with E-state index in [1.54, 1.807) is 30.3 Å². The summed E-state index contributed by atoms with van der Waals surface area (Å²) in [6.07, 6.45) is 1.52. The van der Waals surface area contributed by atoms with Crippen LogP contribution in [0.5, 0.6) is 0 Å². The van der Waals surface area contributed by atoms with Crippen LogP contribution in [0.4, 0.5) is 9.59 Å².